The van der Waals surface area contributed by atoms with Crippen molar-refractivity contribution in [3.8, 4) is 0 Å². The van der Waals surface area contributed by atoms with Gasteiger partial charge in [-0.25, -0.2) is 0 Å². The van der Waals surface area contributed by atoms with Gasteiger partial charge in [-0.2, -0.15) is 10.1 Å². The Bertz CT molecular complexity index is 750. The molecule has 3 heterocycles. The van der Waals surface area contributed by atoms with E-state index in [2.05, 4.69) is 20.1 Å². The number of carbonyl (C=O) groups is 1. The van der Waals surface area contributed by atoms with Gasteiger partial charge in [0.15, 0.2) is 5.82 Å². The van der Waals surface area contributed by atoms with Crippen LogP contribution in [0, 0.1) is 0 Å². The lowest BCUT2D eigenvalue weighted by molar-refractivity contribution is -0.137. The van der Waals surface area contributed by atoms with Gasteiger partial charge in [-0.3, -0.25) is 14.4 Å². The summed E-state index contributed by atoms with van der Waals surface area (Å²) in [4.78, 5) is 18.0. The van der Waals surface area contributed by atoms with E-state index in [4.69, 9.17) is 9.63 Å². The van der Waals surface area contributed by atoms with Crippen LogP contribution in [0.25, 0.3) is 0 Å². The number of aromatic nitrogens is 4. The van der Waals surface area contributed by atoms with Crippen LogP contribution in [-0.2, 0) is 17.9 Å². The largest absolute Gasteiger partial charge is 0.480 e. The normalized spacial score (nSPS) is 22.1. The third kappa shape index (κ3) is 3.80. The van der Waals surface area contributed by atoms with Gasteiger partial charge >= 0.3 is 5.97 Å². The van der Waals surface area contributed by atoms with Gasteiger partial charge in [0.2, 0.25) is 5.89 Å². The topological polar surface area (TPSA) is 97.3 Å². The molecule has 0 amide bonds. The van der Waals surface area contributed by atoms with Gasteiger partial charge in [0.05, 0.1) is 6.54 Å². The van der Waals surface area contributed by atoms with Gasteiger partial charge in [0.25, 0.3) is 0 Å². The molecule has 1 N–H and O–H groups in total. The van der Waals surface area contributed by atoms with Crippen LogP contribution in [0.3, 0.4) is 0 Å². The molecular formula is C18H25N5O3. The van der Waals surface area contributed by atoms with Gasteiger partial charge < -0.3 is 9.63 Å². The second-order valence-electron chi connectivity index (χ2n) is 7.41. The predicted molar refractivity (Wildman–Crippen MR) is 92.6 cm³/mol. The van der Waals surface area contributed by atoms with Gasteiger partial charge in [0, 0.05) is 30.3 Å². The van der Waals surface area contributed by atoms with Crippen LogP contribution in [0.2, 0.25) is 0 Å². The predicted octanol–water partition coefficient (Wildman–Crippen LogP) is 2.39. The highest BCUT2D eigenvalue weighted by Crippen LogP contribution is 2.33. The molecule has 1 saturated carbocycles. The molecule has 8 heteroatoms. The van der Waals surface area contributed by atoms with Crippen molar-refractivity contribution < 1.29 is 14.4 Å². The first kappa shape index (κ1) is 17.2. The van der Waals surface area contributed by atoms with Crippen molar-refractivity contribution in [2.24, 2.45) is 0 Å². The lowest BCUT2D eigenvalue weighted by Gasteiger charge is -2.32. The Hall–Kier alpha value is -2.22. The summed E-state index contributed by atoms with van der Waals surface area (Å²) in [5.74, 6) is 1.41. The first-order chi connectivity index (χ1) is 12.7. The number of hydrogen-bond donors (Lipinski definition) is 1. The molecule has 140 valence electrons. The highest BCUT2D eigenvalue weighted by Gasteiger charge is 2.27. The Labute approximate surface area is 152 Å². The summed E-state index contributed by atoms with van der Waals surface area (Å²) in [6, 6.07) is 1.93. The van der Waals surface area contributed by atoms with Crippen LogP contribution in [0.15, 0.2) is 16.8 Å². The third-order valence-electron chi connectivity index (χ3n) is 5.51. The molecule has 1 aliphatic carbocycles. The van der Waals surface area contributed by atoms with Crippen molar-refractivity contribution >= 4 is 5.97 Å². The minimum absolute atomic E-state index is 0.0889. The van der Waals surface area contributed by atoms with Gasteiger partial charge in [0.1, 0.15) is 6.54 Å². The number of nitrogens with zero attached hydrogens (tertiary/aromatic N) is 5. The van der Waals surface area contributed by atoms with Gasteiger partial charge in [-0.05, 0) is 38.3 Å². The number of carboxylic acid groups (broad SMARTS) is 1. The van der Waals surface area contributed by atoms with E-state index in [0.717, 1.165) is 56.2 Å². The standard InChI is InChI=1S/C18H25N5O3/c24-17(25)12-23-15(7-8-19-23)14-6-3-9-22(10-14)11-16-20-18(26-21-16)13-4-1-2-5-13/h7-8,13-14H,1-6,9-12H2,(H,24,25)/t14-/m0/s1. The second-order valence-corrected chi connectivity index (χ2v) is 7.41. The smallest absolute Gasteiger partial charge is 0.325 e. The van der Waals surface area contributed by atoms with Crippen molar-refractivity contribution in [2.75, 3.05) is 13.1 Å². The van der Waals surface area contributed by atoms with Crippen LogP contribution in [-0.4, -0.2) is 49.0 Å². The molecule has 0 spiro atoms. The fraction of sp³-hybridized carbons (Fsp3) is 0.667. The molecule has 26 heavy (non-hydrogen) atoms. The lowest BCUT2D eigenvalue weighted by atomic mass is 9.94. The Morgan fingerprint density at radius 3 is 2.85 bits per heavy atom. The SMILES string of the molecule is O=C(O)Cn1nccc1[C@H]1CCCN(Cc2noc(C3CCCC3)n2)C1. The molecule has 8 nitrogen and oxygen atoms in total. The van der Waals surface area contributed by atoms with Crippen LogP contribution in [0.4, 0.5) is 0 Å². The Morgan fingerprint density at radius 1 is 1.23 bits per heavy atom. The molecule has 0 unspecified atom stereocenters. The zero-order valence-corrected chi connectivity index (χ0v) is 14.9. The summed E-state index contributed by atoms with van der Waals surface area (Å²) in [7, 11) is 0. The fourth-order valence-corrected chi connectivity index (χ4v) is 4.26. The van der Waals surface area contributed by atoms with Gasteiger partial charge in [-0.15, -0.1) is 0 Å². The molecule has 2 fully saturated rings. The molecule has 2 aromatic heterocycles. The maximum Gasteiger partial charge on any atom is 0.325 e. The Kier molecular flexibility index (Phi) is 5.01. The van der Waals surface area contributed by atoms with Crippen LogP contribution < -0.4 is 0 Å². The Morgan fingerprint density at radius 2 is 2.04 bits per heavy atom. The van der Waals surface area contributed by atoms with E-state index in [1.165, 1.54) is 12.8 Å². The first-order valence-electron chi connectivity index (χ1n) is 9.47. The monoisotopic (exact) mass is 359 g/mol. The average Bonchev–Trinajstić information content (AvgIpc) is 3.36. The van der Waals surface area contributed by atoms with E-state index in [-0.39, 0.29) is 12.5 Å². The van der Waals surface area contributed by atoms with Crippen molar-refractivity contribution in [2.45, 2.75) is 63.5 Å². The fourth-order valence-electron chi connectivity index (χ4n) is 4.26. The average molecular weight is 359 g/mol. The van der Waals surface area contributed by atoms with E-state index < -0.39 is 5.97 Å². The minimum Gasteiger partial charge on any atom is -0.480 e. The molecule has 0 bridgehead atoms. The van der Waals surface area contributed by atoms with Crippen molar-refractivity contribution in [1.29, 1.82) is 0 Å². The number of hydrogen-bond acceptors (Lipinski definition) is 6. The van der Waals surface area contributed by atoms with Gasteiger partial charge in [-0.1, -0.05) is 18.0 Å². The number of rotatable bonds is 6. The number of likely N-dealkylation sites (tertiary alicyclic amines) is 1. The molecular weight excluding hydrogens is 334 g/mol. The lowest BCUT2D eigenvalue weighted by Crippen LogP contribution is -2.35. The van der Waals surface area contributed by atoms with Crippen LogP contribution in [0.1, 0.15) is 67.8 Å². The highest BCUT2D eigenvalue weighted by molar-refractivity contribution is 5.66. The van der Waals surface area contributed by atoms with E-state index in [1.54, 1.807) is 10.9 Å². The molecule has 2 aliphatic rings. The molecule has 4 rings (SSSR count). The first-order valence-corrected chi connectivity index (χ1v) is 9.47. The van der Waals surface area contributed by atoms with Crippen LogP contribution >= 0.6 is 0 Å². The number of carboxylic acids is 1. The quantitative estimate of drug-likeness (QED) is 0.845. The summed E-state index contributed by atoms with van der Waals surface area (Å²) in [6.07, 6.45) is 8.60. The van der Waals surface area contributed by atoms with Crippen LogP contribution in [0.5, 0.6) is 0 Å². The van der Waals surface area contributed by atoms with E-state index in [0.29, 0.717) is 12.5 Å². The Balaban J connectivity index is 1.39. The summed E-state index contributed by atoms with van der Waals surface area (Å²) < 4.78 is 7.09. The molecule has 2 aromatic rings. The van der Waals surface area contributed by atoms with E-state index in [9.17, 15) is 4.79 Å². The third-order valence-corrected chi connectivity index (χ3v) is 5.51. The van der Waals surface area contributed by atoms with Crippen molar-refractivity contribution in [1.82, 2.24) is 24.8 Å². The van der Waals surface area contributed by atoms with E-state index >= 15 is 0 Å². The number of piperidine rings is 1. The minimum atomic E-state index is -0.867. The molecule has 1 atom stereocenters. The second kappa shape index (κ2) is 7.57. The maximum absolute atomic E-state index is 11.0. The highest BCUT2D eigenvalue weighted by atomic mass is 16.5. The molecule has 0 aromatic carbocycles. The summed E-state index contributed by atoms with van der Waals surface area (Å²) in [5, 5.41) is 17.4. The molecule has 1 saturated heterocycles. The number of aliphatic carboxylic acids is 1. The zero-order valence-electron chi connectivity index (χ0n) is 14.9. The van der Waals surface area contributed by atoms with Crippen molar-refractivity contribution in [3.05, 3.63) is 29.7 Å². The molecule has 1 aliphatic heterocycles. The summed E-state index contributed by atoms with van der Waals surface area (Å²) >= 11 is 0. The summed E-state index contributed by atoms with van der Waals surface area (Å²) in [5.41, 5.74) is 0.997. The maximum atomic E-state index is 11.0. The zero-order chi connectivity index (χ0) is 17.9. The van der Waals surface area contributed by atoms with E-state index in [1.807, 2.05) is 6.07 Å². The summed E-state index contributed by atoms with van der Waals surface area (Å²) in [6.45, 7) is 2.45. The molecule has 0 radical (unpaired) electrons. The van der Waals surface area contributed by atoms with Crippen molar-refractivity contribution in [3.63, 3.8) is 0 Å².